The average molecular weight is 344 g/mol. The second-order valence-corrected chi connectivity index (χ2v) is 5.36. The van der Waals surface area contributed by atoms with E-state index >= 15 is 0 Å². The zero-order valence-electron chi connectivity index (χ0n) is 10.8. The normalized spacial score (nSPS) is 12.2. The lowest BCUT2D eigenvalue weighted by Gasteiger charge is -2.07. The van der Waals surface area contributed by atoms with Gasteiger partial charge in [0, 0.05) is 5.56 Å². The van der Waals surface area contributed by atoms with Gasteiger partial charge in [-0.05, 0) is 12.1 Å². The summed E-state index contributed by atoms with van der Waals surface area (Å²) in [6, 6.07) is 15.7. The Morgan fingerprint density at radius 3 is 2.48 bits per heavy atom. The zero-order valence-corrected chi connectivity index (χ0v) is 12.4. The Balaban J connectivity index is 2.05. The Bertz CT molecular complexity index is 858. The summed E-state index contributed by atoms with van der Waals surface area (Å²) in [4.78, 5) is 27.8. The monoisotopic (exact) mass is 343 g/mol. The number of para-hydroxylation sites is 2. The Labute approximate surface area is 128 Å². The third-order valence-electron chi connectivity index (χ3n) is 3.05. The quantitative estimate of drug-likeness (QED) is 0.539. The Morgan fingerprint density at radius 1 is 1.05 bits per heavy atom. The summed E-state index contributed by atoms with van der Waals surface area (Å²) in [5, 5.41) is 0. The second-order valence-electron chi connectivity index (χ2n) is 4.45. The molecule has 3 rings (SSSR count). The van der Waals surface area contributed by atoms with Crippen LogP contribution in [-0.2, 0) is 0 Å². The van der Waals surface area contributed by atoms with E-state index in [4.69, 9.17) is 4.42 Å². The van der Waals surface area contributed by atoms with Crippen LogP contribution in [0.1, 0.15) is 20.9 Å². The molecule has 0 aliphatic rings. The number of hydrogen-bond donors (Lipinski definition) is 0. The standard InChI is InChI=1S/C16H10BrNO3/c17-13(15(19)10-6-2-1-3-7-10)14-16(20)21-12-9-5-4-8-11(12)18-14/h1-9,13H. The smallest absolute Gasteiger partial charge is 0.359 e. The number of halogens is 1. The largest absolute Gasteiger partial charge is 0.420 e. The molecule has 0 radical (unpaired) electrons. The van der Waals surface area contributed by atoms with Crippen molar-refractivity contribution in [3.05, 3.63) is 76.3 Å². The SMILES string of the molecule is O=C(c1ccccc1)C(Br)c1nc2ccccc2oc1=O. The van der Waals surface area contributed by atoms with Gasteiger partial charge in [-0.1, -0.05) is 58.4 Å². The summed E-state index contributed by atoms with van der Waals surface area (Å²) < 4.78 is 5.20. The van der Waals surface area contributed by atoms with E-state index in [2.05, 4.69) is 20.9 Å². The summed E-state index contributed by atoms with van der Waals surface area (Å²) in [5.41, 5.74) is 0.895. The number of hydrogen-bond acceptors (Lipinski definition) is 4. The van der Waals surface area contributed by atoms with Crippen LogP contribution in [0, 0.1) is 0 Å². The highest BCUT2D eigenvalue weighted by atomic mass is 79.9. The number of alkyl halides is 1. The summed E-state index contributed by atoms with van der Waals surface area (Å²) in [6.45, 7) is 0. The van der Waals surface area contributed by atoms with Crippen molar-refractivity contribution in [3.8, 4) is 0 Å². The van der Waals surface area contributed by atoms with Gasteiger partial charge in [0.25, 0.3) is 0 Å². The molecular formula is C16H10BrNO3. The van der Waals surface area contributed by atoms with Crippen LogP contribution in [0.4, 0.5) is 0 Å². The molecule has 5 heteroatoms. The van der Waals surface area contributed by atoms with Crippen molar-refractivity contribution >= 4 is 32.8 Å². The first-order valence-electron chi connectivity index (χ1n) is 6.30. The summed E-state index contributed by atoms with van der Waals surface area (Å²) in [7, 11) is 0. The van der Waals surface area contributed by atoms with E-state index in [1.165, 1.54) is 0 Å². The van der Waals surface area contributed by atoms with Crippen molar-refractivity contribution in [1.82, 2.24) is 4.98 Å². The van der Waals surface area contributed by atoms with E-state index in [1.54, 1.807) is 48.5 Å². The lowest BCUT2D eigenvalue weighted by molar-refractivity contribution is 0.0989. The average Bonchev–Trinajstić information content (AvgIpc) is 2.53. The number of nitrogens with zero attached hydrogens (tertiary/aromatic N) is 1. The van der Waals surface area contributed by atoms with Crippen molar-refractivity contribution in [2.75, 3.05) is 0 Å². The van der Waals surface area contributed by atoms with E-state index in [0.29, 0.717) is 16.7 Å². The van der Waals surface area contributed by atoms with E-state index in [-0.39, 0.29) is 11.5 Å². The van der Waals surface area contributed by atoms with E-state index < -0.39 is 10.5 Å². The summed E-state index contributed by atoms with van der Waals surface area (Å²) in [5.74, 6) is -0.231. The Kier molecular flexibility index (Phi) is 3.66. The van der Waals surface area contributed by atoms with Crippen LogP contribution >= 0.6 is 15.9 Å². The second kappa shape index (κ2) is 5.61. The maximum Gasteiger partial charge on any atom is 0.359 e. The van der Waals surface area contributed by atoms with Gasteiger partial charge in [0.2, 0.25) is 0 Å². The van der Waals surface area contributed by atoms with Gasteiger partial charge in [0.15, 0.2) is 11.4 Å². The van der Waals surface area contributed by atoms with Gasteiger partial charge in [-0.2, -0.15) is 0 Å². The van der Waals surface area contributed by atoms with Gasteiger partial charge in [-0.25, -0.2) is 9.78 Å². The van der Waals surface area contributed by atoms with E-state index in [9.17, 15) is 9.59 Å². The molecule has 0 aliphatic carbocycles. The van der Waals surface area contributed by atoms with Crippen molar-refractivity contribution in [2.45, 2.75) is 4.83 Å². The molecule has 2 aromatic carbocycles. The number of fused-ring (bicyclic) bond motifs is 1. The van der Waals surface area contributed by atoms with E-state index in [1.807, 2.05) is 6.07 Å². The van der Waals surface area contributed by atoms with Crippen molar-refractivity contribution < 1.29 is 9.21 Å². The van der Waals surface area contributed by atoms with Crippen molar-refractivity contribution in [2.24, 2.45) is 0 Å². The first kappa shape index (κ1) is 13.7. The molecule has 0 N–H and O–H groups in total. The fourth-order valence-corrected chi connectivity index (χ4v) is 2.55. The van der Waals surface area contributed by atoms with Gasteiger partial charge in [-0.15, -0.1) is 0 Å². The van der Waals surface area contributed by atoms with Crippen molar-refractivity contribution in [1.29, 1.82) is 0 Å². The molecule has 0 saturated carbocycles. The molecule has 0 saturated heterocycles. The number of benzene rings is 2. The highest BCUT2D eigenvalue weighted by Gasteiger charge is 2.24. The topological polar surface area (TPSA) is 60.2 Å². The summed E-state index contributed by atoms with van der Waals surface area (Å²) in [6.07, 6.45) is 0. The molecule has 1 atom stereocenters. The van der Waals surface area contributed by atoms with Crippen LogP contribution in [0.15, 0.2) is 63.8 Å². The molecule has 4 nitrogen and oxygen atoms in total. The minimum atomic E-state index is -0.833. The Morgan fingerprint density at radius 2 is 1.71 bits per heavy atom. The van der Waals surface area contributed by atoms with Crippen LogP contribution in [-0.4, -0.2) is 10.8 Å². The number of carbonyl (C=O) groups excluding carboxylic acids is 1. The number of ketones is 1. The number of aromatic nitrogens is 1. The minimum absolute atomic E-state index is 0.0579. The number of carbonyl (C=O) groups is 1. The van der Waals surface area contributed by atoms with Crippen LogP contribution in [0.3, 0.4) is 0 Å². The molecule has 3 aromatic rings. The number of Topliss-reactive ketones (excluding diaryl/α,β-unsaturated/α-hetero) is 1. The van der Waals surface area contributed by atoms with Crippen molar-refractivity contribution in [3.63, 3.8) is 0 Å². The lowest BCUT2D eigenvalue weighted by Crippen LogP contribution is -2.18. The maximum atomic E-state index is 12.4. The van der Waals surface area contributed by atoms with Gasteiger partial charge in [0.05, 0.1) is 0 Å². The van der Waals surface area contributed by atoms with Gasteiger partial charge in [-0.3, -0.25) is 4.79 Å². The summed E-state index contributed by atoms with van der Waals surface area (Å²) >= 11 is 3.25. The third kappa shape index (κ3) is 2.64. The first-order chi connectivity index (χ1) is 10.2. The highest BCUT2D eigenvalue weighted by molar-refractivity contribution is 9.09. The first-order valence-corrected chi connectivity index (χ1v) is 7.21. The third-order valence-corrected chi connectivity index (χ3v) is 3.90. The molecule has 1 unspecified atom stereocenters. The highest BCUT2D eigenvalue weighted by Crippen LogP contribution is 2.24. The van der Waals surface area contributed by atoms with Gasteiger partial charge >= 0.3 is 5.63 Å². The molecular weight excluding hydrogens is 334 g/mol. The Hall–Kier alpha value is -2.27. The molecule has 0 aliphatic heterocycles. The van der Waals surface area contributed by atoms with Crippen LogP contribution in [0.2, 0.25) is 0 Å². The lowest BCUT2D eigenvalue weighted by atomic mass is 10.1. The van der Waals surface area contributed by atoms with Gasteiger partial charge < -0.3 is 4.42 Å². The zero-order chi connectivity index (χ0) is 14.8. The molecule has 104 valence electrons. The molecule has 0 fully saturated rings. The molecule has 1 aromatic heterocycles. The maximum absolute atomic E-state index is 12.4. The fourth-order valence-electron chi connectivity index (χ4n) is 2.00. The van der Waals surface area contributed by atoms with Crippen LogP contribution in [0.25, 0.3) is 11.1 Å². The molecule has 1 heterocycles. The molecule has 0 bridgehead atoms. The fraction of sp³-hybridized carbons (Fsp3) is 0.0625. The van der Waals surface area contributed by atoms with E-state index in [0.717, 1.165) is 0 Å². The number of rotatable bonds is 3. The minimum Gasteiger partial charge on any atom is -0.420 e. The van der Waals surface area contributed by atoms with Crippen LogP contribution < -0.4 is 5.63 Å². The predicted octanol–water partition coefficient (Wildman–Crippen LogP) is 3.51. The molecule has 0 spiro atoms. The van der Waals surface area contributed by atoms with Crippen LogP contribution in [0.5, 0.6) is 0 Å². The molecule has 21 heavy (non-hydrogen) atoms. The van der Waals surface area contributed by atoms with Gasteiger partial charge in [0.1, 0.15) is 16.0 Å². The predicted molar refractivity (Wildman–Crippen MR) is 82.7 cm³/mol. The molecule has 0 amide bonds.